The molecule has 5 nitrogen and oxygen atoms in total. The zero-order valence-corrected chi connectivity index (χ0v) is 16.0. The second-order valence-corrected chi connectivity index (χ2v) is 7.58. The highest BCUT2D eigenvalue weighted by molar-refractivity contribution is 7.99. The van der Waals surface area contributed by atoms with E-state index in [1.165, 1.54) is 4.90 Å². The summed E-state index contributed by atoms with van der Waals surface area (Å²) in [5, 5.41) is 16.0. The Morgan fingerprint density at radius 2 is 2.16 bits per heavy atom. The van der Waals surface area contributed by atoms with Crippen LogP contribution in [0.1, 0.15) is 26.2 Å². The summed E-state index contributed by atoms with van der Waals surface area (Å²) in [5.74, 6) is 1.94. The van der Waals surface area contributed by atoms with E-state index >= 15 is 0 Å². The fourth-order valence-electron chi connectivity index (χ4n) is 2.86. The van der Waals surface area contributed by atoms with E-state index in [2.05, 4.69) is 41.8 Å². The third-order valence-electron chi connectivity index (χ3n) is 4.37. The molecule has 0 saturated carbocycles. The molecule has 1 aromatic carbocycles. The Kier molecular flexibility index (Phi) is 9.15. The van der Waals surface area contributed by atoms with E-state index in [0.29, 0.717) is 13.2 Å². The monoisotopic (exact) mass is 365 g/mol. The van der Waals surface area contributed by atoms with Crippen LogP contribution >= 0.6 is 11.8 Å². The molecule has 25 heavy (non-hydrogen) atoms. The minimum absolute atomic E-state index is 0.000260. The van der Waals surface area contributed by atoms with Gasteiger partial charge in [-0.25, -0.2) is 0 Å². The van der Waals surface area contributed by atoms with E-state index in [9.17, 15) is 5.11 Å². The van der Waals surface area contributed by atoms with Crippen molar-refractivity contribution in [1.29, 1.82) is 0 Å². The molecule has 1 fully saturated rings. The fourth-order valence-corrected chi connectivity index (χ4v) is 3.74. The molecule has 1 aromatic rings. The van der Waals surface area contributed by atoms with E-state index in [-0.39, 0.29) is 12.0 Å². The molecule has 0 aliphatic carbocycles. The van der Waals surface area contributed by atoms with E-state index in [4.69, 9.17) is 9.73 Å². The van der Waals surface area contributed by atoms with Crippen LogP contribution in [0.15, 0.2) is 40.2 Å². The minimum Gasteiger partial charge on any atom is -0.396 e. The predicted molar refractivity (Wildman–Crippen MR) is 105 cm³/mol. The average Bonchev–Trinajstić information content (AvgIpc) is 3.09. The van der Waals surface area contributed by atoms with Crippen LogP contribution in [-0.4, -0.2) is 56.3 Å². The second kappa shape index (κ2) is 11.4. The first-order valence-electron chi connectivity index (χ1n) is 9.17. The number of aliphatic hydroxyl groups is 1. The van der Waals surface area contributed by atoms with Crippen LogP contribution < -0.4 is 10.6 Å². The molecule has 0 spiro atoms. The van der Waals surface area contributed by atoms with Gasteiger partial charge in [0.15, 0.2) is 5.96 Å². The lowest BCUT2D eigenvalue weighted by Gasteiger charge is -2.24. The molecular weight excluding hydrogens is 334 g/mol. The van der Waals surface area contributed by atoms with Crippen molar-refractivity contribution in [2.45, 2.75) is 31.1 Å². The van der Waals surface area contributed by atoms with E-state index in [1.807, 2.05) is 17.8 Å². The lowest BCUT2D eigenvalue weighted by atomic mass is 9.84. The van der Waals surface area contributed by atoms with Crippen LogP contribution in [0.2, 0.25) is 0 Å². The van der Waals surface area contributed by atoms with Gasteiger partial charge in [0.25, 0.3) is 0 Å². The molecule has 0 bridgehead atoms. The van der Waals surface area contributed by atoms with Crippen molar-refractivity contribution in [1.82, 2.24) is 10.6 Å². The van der Waals surface area contributed by atoms with Gasteiger partial charge in [-0.1, -0.05) is 18.2 Å². The Morgan fingerprint density at radius 3 is 2.84 bits per heavy atom. The molecule has 1 heterocycles. The molecule has 3 N–H and O–H groups in total. The molecule has 1 unspecified atom stereocenters. The summed E-state index contributed by atoms with van der Waals surface area (Å²) < 4.78 is 5.54. The molecule has 140 valence electrons. The number of nitrogens with zero attached hydrogens (tertiary/aromatic N) is 1. The van der Waals surface area contributed by atoms with Gasteiger partial charge in [0, 0.05) is 36.6 Å². The molecule has 6 heteroatoms. The number of rotatable bonds is 10. The predicted octanol–water partition coefficient (Wildman–Crippen LogP) is 2.51. The van der Waals surface area contributed by atoms with Crippen LogP contribution in [0.25, 0.3) is 0 Å². The maximum Gasteiger partial charge on any atom is 0.191 e. The molecule has 2 rings (SSSR count). The van der Waals surface area contributed by atoms with Crippen LogP contribution in [0.5, 0.6) is 0 Å². The number of hydrogen-bond acceptors (Lipinski definition) is 4. The average molecular weight is 366 g/mol. The van der Waals surface area contributed by atoms with Gasteiger partial charge >= 0.3 is 0 Å². The Morgan fingerprint density at radius 1 is 1.32 bits per heavy atom. The quantitative estimate of drug-likeness (QED) is 0.257. The van der Waals surface area contributed by atoms with Crippen molar-refractivity contribution in [3.05, 3.63) is 30.3 Å². The molecule has 1 aliphatic heterocycles. The standard InChI is InChI=1S/C19H31N3O2S/c1-2-20-18(22-15-19(9-12-23)10-13-24-16-19)21-11-6-14-25-17-7-4-3-5-8-17/h3-5,7-8,23H,2,6,9-16H2,1H3,(H2,20,21,22). The summed E-state index contributed by atoms with van der Waals surface area (Å²) in [4.78, 5) is 6.05. The number of nitrogens with one attached hydrogen (secondary N) is 2. The second-order valence-electron chi connectivity index (χ2n) is 6.41. The maximum absolute atomic E-state index is 9.32. The molecule has 0 amide bonds. The highest BCUT2D eigenvalue weighted by Crippen LogP contribution is 2.32. The number of benzene rings is 1. The smallest absolute Gasteiger partial charge is 0.191 e. The van der Waals surface area contributed by atoms with Gasteiger partial charge in [0.1, 0.15) is 0 Å². The Hall–Kier alpha value is -1.24. The Balaban J connectivity index is 1.73. The van der Waals surface area contributed by atoms with Gasteiger partial charge in [0.05, 0.1) is 13.2 Å². The van der Waals surface area contributed by atoms with Gasteiger partial charge in [-0.3, -0.25) is 4.99 Å². The third kappa shape index (κ3) is 7.26. The van der Waals surface area contributed by atoms with Crippen LogP contribution in [0.4, 0.5) is 0 Å². The first-order valence-corrected chi connectivity index (χ1v) is 10.2. The third-order valence-corrected chi connectivity index (χ3v) is 5.47. The number of hydrogen-bond donors (Lipinski definition) is 3. The van der Waals surface area contributed by atoms with Crippen molar-refractivity contribution in [3.63, 3.8) is 0 Å². The Bertz CT molecular complexity index is 505. The van der Waals surface area contributed by atoms with Crippen molar-refractivity contribution in [2.75, 3.05) is 45.2 Å². The molecule has 0 aromatic heterocycles. The van der Waals surface area contributed by atoms with Crippen molar-refractivity contribution in [2.24, 2.45) is 10.4 Å². The topological polar surface area (TPSA) is 65.9 Å². The van der Waals surface area contributed by atoms with E-state index in [0.717, 1.165) is 50.7 Å². The summed E-state index contributed by atoms with van der Waals surface area (Å²) in [6, 6.07) is 10.5. The largest absolute Gasteiger partial charge is 0.396 e. The van der Waals surface area contributed by atoms with Gasteiger partial charge in [0.2, 0.25) is 0 Å². The fraction of sp³-hybridized carbons (Fsp3) is 0.632. The summed E-state index contributed by atoms with van der Waals surface area (Å²) in [7, 11) is 0. The maximum atomic E-state index is 9.32. The summed E-state index contributed by atoms with van der Waals surface area (Å²) in [5.41, 5.74) is 0.000260. The zero-order chi connectivity index (χ0) is 17.8. The van der Waals surface area contributed by atoms with Crippen molar-refractivity contribution < 1.29 is 9.84 Å². The molecular formula is C19H31N3O2S. The molecule has 1 atom stereocenters. The normalized spacial score (nSPS) is 20.6. The number of aliphatic imine (C=N–C) groups is 1. The zero-order valence-electron chi connectivity index (χ0n) is 15.2. The minimum atomic E-state index is 0.000260. The molecule has 1 aliphatic rings. The highest BCUT2D eigenvalue weighted by Gasteiger charge is 2.34. The number of guanidine groups is 1. The van der Waals surface area contributed by atoms with Crippen LogP contribution in [0.3, 0.4) is 0 Å². The highest BCUT2D eigenvalue weighted by atomic mass is 32.2. The number of thioether (sulfide) groups is 1. The Labute approximate surface area is 155 Å². The van der Waals surface area contributed by atoms with Crippen LogP contribution in [0, 0.1) is 5.41 Å². The van der Waals surface area contributed by atoms with Crippen molar-refractivity contribution >= 4 is 17.7 Å². The van der Waals surface area contributed by atoms with Gasteiger partial charge < -0.3 is 20.5 Å². The van der Waals surface area contributed by atoms with E-state index in [1.54, 1.807) is 0 Å². The lowest BCUT2D eigenvalue weighted by Crippen LogP contribution is -2.39. The summed E-state index contributed by atoms with van der Waals surface area (Å²) in [6.45, 7) is 6.18. The summed E-state index contributed by atoms with van der Waals surface area (Å²) >= 11 is 1.88. The van der Waals surface area contributed by atoms with Gasteiger partial charge in [-0.15, -0.1) is 11.8 Å². The number of aliphatic hydroxyl groups excluding tert-OH is 1. The first-order chi connectivity index (χ1) is 12.3. The van der Waals surface area contributed by atoms with Crippen LogP contribution in [-0.2, 0) is 4.74 Å². The van der Waals surface area contributed by atoms with Gasteiger partial charge in [-0.2, -0.15) is 0 Å². The van der Waals surface area contributed by atoms with Crippen molar-refractivity contribution in [3.8, 4) is 0 Å². The summed E-state index contributed by atoms with van der Waals surface area (Å²) in [6.07, 6.45) is 2.81. The molecule has 0 radical (unpaired) electrons. The molecule has 1 saturated heterocycles. The lowest BCUT2D eigenvalue weighted by molar-refractivity contribution is 0.131. The van der Waals surface area contributed by atoms with Gasteiger partial charge in [-0.05, 0) is 44.1 Å². The SMILES string of the molecule is CCNC(=NCC1(CCO)CCOC1)NCCCSc1ccccc1. The number of ether oxygens (including phenoxy) is 1. The van der Waals surface area contributed by atoms with E-state index < -0.39 is 0 Å². The first kappa shape index (κ1) is 20.1.